The summed E-state index contributed by atoms with van der Waals surface area (Å²) in [5.41, 5.74) is 3.83. The predicted octanol–water partition coefficient (Wildman–Crippen LogP) is 5.40. The van der Waals surface area contributed by atoms with Crippen LogP contribution in [-0.2, 0) is 4.79 Å². The number of anilines is 1. The minimum absolute atomic E-state index is 0.0325. The average Bonchev–Trinajstić information content (AvgIpc) is 2.81. The maximum Gasteiger partial charge on any atom is 0.277 e. The van der Waals surface area contributed by atoms with E-state index in [2.05, 4.69) is 43.1 Å². The second kappa shape index (κ2) is 12.0. The van der Waals surface area contributed by atoms with Gasteiger partial charge in [-0.05, 0) is 29.4 Å². The second-order valence-corrected chi connectivity index (χ2v) is 9.25. The molecule has 0 unspecified atom stereocenters. The van der Waals surface area contributed by atoms with E-state index in [0.717, 1.165) is 29.5 Å². The first-order valence-corrected chi connectivity index (χ1v) is 11.7. The number of nitro groups is 1. The summed E-state index contributed by atoms with van der Waals surface area (Å²) in [6.07, 6.45) is 1.45. The van der Waals surface area contributed by atoms with Crippen LogP contribution in [0.3, 0.4) is 0 Å². The van der Waals surface area contributed by atoms with Crippen molar-refractivity contribution >= 4 is 34.3 Å². The number of carbonyl (C=O) groups is 1. The zero-order chi connectivity index (χ0) is 25.4. The molecule has 1 N–H and O–H groups in total. The van der Waals surface area contributed by atoms with Crippen molar-refractivity contribution < 1.29 is 14.5 Å². The highest BCUT2D eigenvalue weighted by atomic mass is 16.6. The molecule has 184 valence electrons. The third kappa shape index (κ3) is 7.27. The summed E-state index contributed by atoms with van der Waals surface area (Å²) in [5, 5.41) is 17.4. The predicted molar refractivity (Wildman–Crippen MR) is 140 cm³/mol. The summed E-state index contributed by atoms with van der Waals surface area (Å²) in [6, 6.07) is 18.2. The number of hydrogen-bond acceptors (Lipinski definition) is 6. The molecule has 0 saturated heterocycles. The van der Waals surface area contributed by atoms with E-state index in [1.165, 1.54) is 18.3 Å². The molecule has 0 aliphatic rings. The number of carbonyl (C=O) groups excluding carboxylic acids is 1. The van der Waals surface area contributed by atoms with E-state index in [-0.39, 0.29) is 12.3 Å². The molecule has 0 bridgehead atoms. The largest absolute Gasteiger partial charge is 0.483 e. The fraction of sp³-hybridized carbons (Fsp3) is 0.333. The smallest absolute Gasteiger partial charge is 0.277 e. The van der Waals surface area contributed by atoms with E-state index < -0.39 is 10.8 Å². The first kappa shape index (κ1) is 25.7. The number of hydrazone groups is 1. The Morgan fingerprint density at radius 1 is 1.06 bits per heavy atom. The van der Waals surface area contributed by atoms with Gasteiger partial charge < -0.3 is 9.64 Å². The van der Waals surface area contributed by atoms with Gasteiger partial charge in [-0.1, -0.05) is 64.1 Å². The van der Waals surface area contributed by atoms with Crippen LogP contribution >= 0.6 is 0 Å². The maximum absolute atomic E-state index is 12.4. The Labute approximate surface area is 205 Å². The number of hydrogen-bond donors (Lipinski definition) is 1. The number of ether oxygens (including phenoxy) is 1. The monoisotopic (exact) mass is 476 g/mol. The molecule has 0 radical (unpaired) electrons. The lowest BCUT2D eigenvalue weighted by molar-refractivity contribution is -0.384. The number of nitro benzene ring substituents is 1. The molecule has 0 saturated carbocycles. The van der Waals surface area contributed by atoms with Crippen LogP contribution in [0.5, 0.6) is 5.75 Å². The van der Waals surface area contributed by atoms with Crippen molar-refractivity contribution in [1.29, 1.82) is 0 Å². The fourth-order valence-corrected chi connectivity index (χ4v) is 3.87. The molecule has 0 atom stereocenters. The Morgan fingerprint density at radius 3 is 2.43 bits per heavy atom. The van der Waals surface area contributed by atoms with Crippen molar-refractivity contribution in [2.45, 2.75) is 27.7 Å². The molecule has 0 heterocycles. The summed E-state index contributed by atoms with van der Waals surface area (Å²) in [5.74, 6) is 0.989. The molecule has 0 aromatic heterocycles. The molecule has 0 aliphatic heterocycles. The first-order chi connectivity index (χ1) is 16.7. The van der Waals surface area contributed by atoms with Crippen LogP contribution in [0.25, 0.3) is 10.8 Å². The van der Waals surface area contributed by atoms with Crippen LogP contribution in [0.15, 0.2) is 65.8 Å². The molecule has 35 heavy (non-hydrogen) atoms. The quantitative estimate of drug-likeness (QED) is 0.227. The SMILES string of the molecule is CC(C)CN(CC(C)C)c1ccc([N+](=O)[O-])cc1/C=N\NC(=O)COc1cccc2ccccc12. The Balaban J connectivity index is 1.74. The molecule has 3 aromatic carbocycles. The Kier molecular flexibility index (Phi) is 8.78. The molecule has 0 spiro atoms. The number of nitrogens with one attached hydrogen (secondary N) is 1. The van der Waals surface area contributed by atoms with Gasteiger partial charge in [0.15, 0.2) is 6.61 Å². The van der Waals surface area contributed by atoms with Gasteiger partial charge in [-0.3, -0.25) is 14.9 Å². The Hall–Kier alpha value is -3.94. The molecular formula is C27H32N4O4. The van der Waals surface area contributed by atoms with Gasteiger partial charge in [0.2, 0.25) is 0 Å². The van der Waals surface area contributed by atoms with Gasteiger partial charge in [0.05, 0.1) is 11.1 Å². The lowest BCUT2D eigenvalue weighted by Gasteiger charge is -2.29. The minimum Gasteiger partial charge on any atom is -0.483 e. The highest BCUT2D eigenvalue weighted by Crippen LogP contribution is 2.27. The number of benzene rings is 3. The summed E-state index contributed by atoms with van der Waals surface area (Å²) < 4.78 is 5.70. The van der Waals surface area contributed by atoms with Crippen molar-refractivity contribution in [3.63, 3.8) is 0 Å². The van der Waals surface area contributed by atoms with Gasteiger partial charge >= 0.3 is 0 Å². The van der Waals surface area contributed by atoms with Crippen LogP contribution in [0.2, 0.25) is 0 Å². The van der Waals surface area contributed by atoms with Crippen molar-refractivity contribution in [2.24, 2.45) is 16.9 Å². The number of amides is 1. The molecule has 3 rings (SSSR count). The van der Waals surface area contributed by atoms with E-state index in [1.54, 1.807) is 6.07 Å². The average molecular weight is 477 g/mol. The van der Waals surface area contributed by atoms with E-state index in [9.17, 15) is 14.9 Å². The van der Waals surface area contributed by atoms with Crippen LogP contribution in [-0.4, -0.2) is 36.7 Å². The lowest BCUT2D eigenvalue weighted by atomic mass is 10.1. The van der Waals surface area contributed by atoms with Crippen LogP contribution in [0, 0.1) is 22.0 Å². The van der Waals surface area contributed by atoms with E-state index in [1.807, 2.05) is 42.5 Å². The van der Waals surface area contributed by atoms with Crippen molar-refractivity contribution in [3.8, 4) is 5.75 Å². The van der Waals surface area contributed by atoms with Crippen molar-refractivity contribution in [2.75, 3.05) is 24.6 Å². The molecule has 0 fully saturated rings. The van der Waals surface area contributed by atoms with E-state index >= 15 is 0 Å². The second-order valence-electron chi connectivity index (χ2n) is 9.25. The fourth-order valence-electron chi connectivity index (χ4n) is 3.87. The van der Waals surface area contributed by atoms with Gasteiger partial charge in [0.1, 0.15) is 5.75 Å². The van der Waals surface area contributed by atoms with Gasteiger partial charge in [-0.25, -0.2) is 5.43 Å². The third-order valence-electron chi connectivity index (χ3n) is 5.23. The van der Waals surface area contributed by atoms with Gasteiger partial charge in [0.25, 0.3) is 11.6 Å². The van der Waals surface area contributed by atoms with Gasteiger partial charge in [0, 0.05) is 41.9 Å². The highest BCUT2D eigenvalue weighted by Gasteiger charge is 2.17. The minimum atomic E-state index is -0.438. The summed E-state index contributed by atoms with van der Waals surface area (Å²) >= 11 is 0. The summed E-state index contributed by atoms with van der Waals surface area (Å²) in [4.78, 5) is 25.5. The zero-order valence-corrected chi connectivity index (χ0v) is 20.6. The lowest BCUT2D eigenvalue weighted by Crippen LogP contribution is -2.32. The van der Waals surface area contributed by atoms with Crippen molar-refractivity contribution in [3.05, 3.63) is 76.3 Å². The topological polar surface area (TPSA) is 97.1 Å². The molecule has 1 amide bonds. The number of rotatable bonds is 11. The van der Waals surface area contributed by atoms with Crippen LogP contribution in [0.4, 0.5) is 11.4 Å². The summed E-state index contributed by atoms with van der Waals surface area (Å²) in [7, 11) is 0. The molecule has 8 heteroatoms. The van der Waals surface area contributed by atoms with E-state index in [4.69, 9.17) is 4.74 Å². The molecule has 8 nitrogen and oxygen atoms in total. The van der Waals surface area contributed by atoms with Gasteiger partial charge in [-0.2, -0.15) is 5.10 Å². The first-order valence-electron chi connectivity index (χ1n) is 11.7. The molecular weight excluding hydrogens is 444 g/mol. The van der Waals surface area contributed by atoms with Gasteiger partial charge in [-0.15, -0.1) is 0 Å². The molecule has 3 aromatic rings. The number of fused-ring (bicyclic) bond motifs is 1. The standard InChI is InChI=1S/C27H32N4O4/c1-19(2)16-30(17-20(3)4)25-13-12-23(31(33)34)14-22(25)15-28-29-27(32)18-35-26-11-7-9-21-8-5-6-10-24(21)26/h5-15,19-20H,16-18H2,1-4H3,(H,29,32)/b28-15-. The number of nitrogens with zero attached hydrogens (tertiary/aromatic N) is 3. The Morgan fingerprint density at radius 2 is 1.74 bits per heavy atom. The van der Waals surface area contributed by atoms with Crippen LogP contribution in [0.1, 0.15) is 33.3 Å². The van der Waals surface area contributed by atoms with E-state index in [0.29, 0.717) is 23.1 Å². The Bertz CT molecular complexity index is 1190. The molecule has 0 aliphatic carbocycles. The van der Waals surface area contributed by atoms with Crippen LogP contribution < -0.4 is 15.1 Å². The van der Waals surface area contributed by atoms with Crippen molar-refractivity contribution in [1.82, 2.24) is 5.43 Å². The highest BCUT2D eigenvalue weighted by molar-refractivity contribution is 5.91. The number of non-ortho nitro benzene ring substituents is 1. The summed E-state index contributed by atoms with van der Waals surface area (Å²) in [6.45, 7) is 9.89. The zero-order valence-electron chi connectivity index (χ0n) is 20.6. The normalized spacial score (nSPS) is 11.4. The maximum atomic E-state index is 12.4. The third-order valence-corrected chi connectivity index (χ3v) is 5.23.